The summed E-state index contributed by atoms with van der Waals surface area (Å²) in [7, 11) is 2.13. The number of rotatable bonds is 6. The van der Waals surface area contributed by atoms with Gasteiger partial charge in [-0.2, -0.15) is 0 Å². The van der Waals surface area contributed by atoms with Crippen LogP contribution < -0.4 is 20.5 Å². The lowest BCUT2D eigenvalue weighted by atomic mass is 10.1. The summed E-state index contributed by atoms with van der Waals surface area (Å²) >= 11 is 0. The predicted molar refractivity (Wildman–Crippen MR) is 110 cm³/mol. The molecule has 0 saturated carbocycles. The number of unbranched alkanes of at least 4 members (excludes halogenated alkanes) is 1. The van der Waals surface area contributed by atoms with Crippen LogP contribution in [0.4, 0.5) is 10.1 Å². The van der Waals surface area contributed by atoms with Crippen LogP contribution in [0.1, 0.15) is 37.0 Å². The Labute approximate surface area is 164 Å². The summed E-state index contributed by atoms with van der Waals surface area (Å²) in [5.41, 5.74) is 0.852. The maximum Gasteiger partial charge on any atom is 0.256 e. The number of carbonyl (C=O) groups excluding carboxylic acids is 1. The molecule has 3 rings (SSSR count). The number of anilines is 1. The van der Waals surface area contributed by atoms with Gasteiger partial charge in [0.05, 0.1) is 44.4 Å². The second-order valence-corrected chi connectivity index (χ2v) is 7.53. The Hall–Kier alpha value is -2.41. The zero-order valence-electron chi connectivity index (χ0n) is 17.0. The summed E-state index contributed by atoms with van der Waals surface area (Å²) in [6.45, 7) is 8.57. The maximum absolute atomic E-state index is 14.9. The van der Waals surface area contributed by atoms with Gasteiger partial charge in [-0.05, 0) is 25.5 Å². The molecule has 2 N–H and O–H groups in total. The van der Waals surface area contributed by atoms with E-state index in [-0.39, 0.29) is 10.9 Å². The zero-order chi connectivity index (χ0) is 20.3. The molecular formula is C21H30FN4O2+. The highest BCUT2D eigenvalue weighted by Gasteiger charge is 2.22. The second kappa shape index (κ2) is 8.73. The molecule has 6 nitrogen and oxygen atoms in total. The molecule has 1 amide bonds. The molecule has 0 unspecified atom stereocenters. The minimum absolute atomic E-state index is 0.0702. The molecule has 0 spiro atoms. The Bertz CT molecular complexity index is 917. The normalized spacial score (nSPS) is 15.2. The number of fused-ring (bicyclic) bond motifs is 1. The lowest BCUT2D eigenvalue weighted by Crippen LogP contribution is -3.12. The third kappa shape index (κ3) is 4.04. The van der Waals surface area contributed by atoms with Crippen molar-refractivity contribution in [1.82, 2.24) is 9.88 Å². The predicted octanol–water partition coefficient (Wildman–Crippen LogP) is 1.03. The van der Waals surface area contributed by atoms with Crippen molar-refractivity contribution in [3.63, 3.8) is 0 Å². The smallest absolute Gasteiger partial charge is 0.256 e. The Morgan fingerprint density at radius 1 is 1.25 bits per heavy atom. The fraction of sp³-hybridized carbons (Fsp3) is 0.524. The minimum atomic E-state index is -0.415. The van der Waals surface area contributed by atoms with E-state index in [0.717, 1.165) is 39.0 Å². The number of hydrogen-bond donors (Lipinski definition) is 2. The number of pyridine rings is 1. The van der Waals surface area contributed by atoms with Gasteiger partial charge in [0.1, 0.15) is 11.4 Å². The average Bonchev–Trinajstić information content (AvgIpc) is 2.69. The summed E-state index contributed by atoms with van der Waals surface area (Å²) in [5.74, 6) is -0.801. The third-order valence-electron chi connectivity index (χ3n) is 5.51. The monoisotopic (exact) mass is 389 g/mol. The van der Waals surface area contributed by atoms with Gasteiger partial charge >= 0.3 is 0 Å². The van der Waals surface area contributed by atoms with Crippen LogP contribution >= 0.6 is 0 Å². The van der Waals surface area contributed by atoms with Crippen molar-refractivity contribution in [3.05, 3.63) is 39.9 Å². The first-order valence-corrected chi connectivity index (χ1v) is 10.2. The van der Waals surface area contributed by atoms with E-state index in [4.69, 9.17) is 0 Å². The van der Waals surface area contributed by atoms with Crippen LogP contribution in [0.5, 0.6) is 0 Å². The number of likely N-dealkylation sites (N-methyl/N-ethyl adjacent to an activating group) is 1. The van der Waals surface area contributed by atoms with E-state index in [1.165, 1.54) is 11.0 Å². The van der Waals surface area contributed by atoms with Crippen LogP contribution in [0.25, 0.3) is 10.9 Å². The number of aromatic nitrogens is 1. The van der Waals surface area contributed by atoms with Crippen LogP contribution in [-0.2, 0) is 6.54 Å². The van der Waals surface area contributed by atoms with Gasteiger partial charge < -0.3 is 19.7 Å². The van der Waals surface area contributed by atoms with E-state index in [0.29, 0.717) is 24.3 Å². The maximum atomic E-state index is 14.9. The van der Waals surface area contributed by atoms with Gasteiger partial charge in [0, 0.05) is 24.7 Å². The molecule has 2 heterocycles. The molecule has 1 aliphatic heterocycles. The lowest BCUT2D eigenvalue weighted by Gasteiger charge is -2.32. The molecule has 2 aromatic rings. The number of quaternary nitrogens is 1. The molecular weight excluding hydrogens is 359 g/mol. The highest BCUT2D eigenvalue weighted by Crippen LogP contribution is 2.25. The SMILES string of the molecule is CCCCNC(=O)c1cn(CC)c2cc(N3CC[NH+](C)CC3)c(F)cc2c1=O. The molecule has 1 saturated heterocycles. The largest absolute Gasteiger partial charge is 0.358 e. The van der Waals surface area contributed by atoms with Gasteiger partial charge in [0.25, 0.3) is 5.91 Å². The van der Waals surface area contributed by atoms with Crippen LogP contribution in [0, 0.1) is 5.82 Å². The Morgan fingerprint density at radius 2 is 1.96 bits per heavy atom. The molecule has 1 aromatic heterocycles. The number of piperazine rings is 1. The van der Waals surface area contributed by atoms with E-state index < -0.39 is 17.2 Å². The Morgan fingerprint density at radius 3 is 2.61 bits per heavy atom. The summed E-state index contributed by atoms with van der Waals surface area (Å²) in [6, 6.07) is 3.06. The van der Waals surface area contributed by atoms with E-state index in [2.05, 4.69) is 12.4 Å². The van der Waals surface area contributed by atoms with Crippen molar-refractivity contribution in [2.45, 2.75) is 33.2 Å². The first-order valence-electron chi connectivity index (χ1n) is 10.2. The standard InChI is InChI=1S/C21H29FN4O2/c1-4-6-7-23-21(28)16-14-25(5-2)18-13-19(17(22)12-15(18)20(16)27)26-10-8-24(3)9-11-26/h12-14H,4-11H2,1-3H3,(H,23,28)/p+1. The van der Waals surface area contributed by atoms with Gasteiger partial charge in [-0.15, -0.1) is 0 Å². The average molecular weight is 389 g/mol. The third-order valence-corrected chi connectivity index (χ3v) is 5.51. The number of carbonyl (C=O) groups is 1. The van der Waals surface area contributed by atoms with E-state index in [1.54, 1.807) is 12.3 Å². The highest BCUT2D eigenvalue weighted by molar-refractivity contribution is 5.97. The van der Waals surface area contributed by atoms with E-state index in [9.17, 15) is 14.0 Å². The number of hydrogen-bond acceptors (Lipinski definition) is 3. The van der Waals surface area contributed by atoms with Crippen LogP contribution in [0.2, 0.25) is 0 Å². The zero-order valence-corrected chi connectivity index (χ0v) is 17.0. The number of amides is 1. The first kappa shape index (κ1) is 20.3. The summed E-state index contributed by atoms with van der Waals surface area (Å²) < 4.78 is 16.8. The summed E-state index contributed by atoms with van der Waals surface area (Å²) in [5, 5.41) is 3.04. The molecule has 152 valence electrons. The molecule has 1 fully saturated rings. The number of benzene rings is 1. The first-order chi connectivity index (χ1) is 13.5. The molecule has 0 aliphatic carbocycles. The van der Waals surface area contributed by atoms with Crippen molar-refractivity contribution < 1.29 is 14.1 Å². The van der Waals surface area contributed by atoms with Gasteiger partial charge in [-0.25, -0.2) is 4.39 Å². The number of nitrogens with zero attached hydrogens (tertiary/aromatic N) is 2. The van der Waals surface area contributed by atoms with Crippen molar-refractivity contribution in [3.8, 4) is 0 Å². The van der Waals surface area contributed by atoms with Crippen LogP contribution in [-0.4, -0.2) is 50.2 Å². The molecule has 28 heavy (non-hydrogen) atoms. The van der Waals surface area contributed by atoms with E-state index in [1.807, 2.05) is 23.3 Å². The van der Waals surface area contributed by atoms with Crippen LogP contribution in [0.3, 0.4) is 0 Å². The lowest BCUT2D eigenvalue weighted by molar-refractivity contribution is -0.880. The molecule has 0 atom stereocenters. The van der Waals surface area contributed by atoms with Gasteiger partial charge in [-0.1, -0.05) is 13.3 Å². The quantitative estimate of drug-likeness (QED) is 0.726. The second-order valence-electron chi connectivity index (χ2n) is 7.53. The number of halogens is 1. The van der Waals surface area contributed by atoms with Gasteiger partial charge in [0.2, 0.25) is 5.43 Å². The molecule has 1 aliphatic rings. The highest BCUT2D eigenvalue weighted by atomic mass is 19.1. The van der Waals surface area contributed by atoms with Crippen molar-refractivity contribution in [2.75, 3.05) is 44.7 Å². The summed E-state index contributed by atoms with van der Waals surface area (Å²) in [6.07, 6.45) is 3.41. The van der Waals surface area contributed by atoms with Gasteiger partial charge in [-0.3, -0.25) is 9.59 Å². The molecule has 0 bridgehead atoms. The molecule has 0 radical (unpaired) electrons. The van der Waals surface area contributed by atoms with Gasteiger partial charge in [0.15, 0.2) is 0 Å². The van der Waals surface area contributed by atoms with E-state index >= 15 is 0 Å². The summed E-state index contributed by atoms with van der Waals surface area (Å²) in [4.78, 5) is 28.8. The van der Waals surface area contributed by atoms with Crippen LogP contribution in [0.15, 0.2) is 23.1 Å². The molecule has 1 aromatic carbocycles. The number of aryl methyl sites for hydroxylation is 1. The Balaban J connectivity index is 2.03. The fourth-order valence-corrected chi connectivity index (χ4v) is 3.67. The van der Waals surface area contributed by atoms with Crippen molar-refractivity contribution in [1.29, 1.82) is 0 Å². The minimum Gasteiger partial charge on any atom is -0.358 e. The number of nitrogens with one attached hydrogen (secondary N) is 2. The topological polar surface area (TPSA) is 58.8 Å². The fourth-order valence-electron chi connectivity index (χ4n) is 3.67. The molecule has 7 heteroatoms. The Kier molecular flexibility index (Phi) is 6.34. The van der Waals surface area contributed by atoms with Crippen molar-refractivity contribution >= 4 is 22.5 Å². The van der Waals surface area contributed by atoms with Crippen molar-refractivity contribution in [2.24, 2.45) is 0 Å².